The molecule has 0 aromatic rings. The SMILES string of the molecule is O=C(O)[C](=O)[Cd]. The average Bonchev–Trinajstić information content (AvgIpc) is 1.36. The number of hydrogen-bond acceptors (Lipinski definition) is 2. The van der Waals surface area contributed by atoms with Crippen molar-refractivity contribution in [2.75, 3.05) is 0 Å². The van der Waals surface area contributed by atoms with Gasteiger partial charge < -0.3 is 0 Å². The van der Waals surface area contributed by atoms with Gasteiger partial charge in [-0.25, -0.2) is 0 Å². The Kier molecular flexibility index (Phi) is 2.30. The van der Waals surface area contributed by atoms with Gasteiger partial charge in [0, 0.05) is 0 Å². The molecule has 0 radical (unpaired) electrons. The quantitative estimate of drug-likeness (QED) is 0.427. The maximum atomic E-state index is 9.62. The van der Waals surface area contributed by atoms with Crippen molar-refractivity contribution in [2.24, 2.45) is 0 Å². The van der Waals surface area contributed by atoms with Crippen molar-refractivity contribution in [3.05, 3.63) is 0 Å². The number of carboxylic acids is 1. The van der Waals surface area contributed by atoms with E-state index >= 15 is 0 Å². The third kappa shape index (κ3) is 2.31. The van der Waals surface area contributed by atoms with Gasteiger partial charge in [0.25, 0.3) is 0 Å². The van der Waals surface area contributed by atoms with E-state index in [1.807, 2.05) is 0 Å². The Morgan fingerprint density at radius 2 is 1.67 bits per heavy atom. The predicted molar refractivity (Wildman–Crippen MR) is 12.6 cm³/mol. The first kappa shape index (κ1) is 6.06. The van der Waals surface area contributed by atoms with Crippen LogP contribution >= 0.6 is 0 Å². The van der Waals surface area contributed by atoms with E-state index < -0.39 is 9.31 Å². The number of aliphatic carboxylic acids is 1. The van der Waals surface area contributed by atoms with Crippen LogP contribution in [-0.2, 0) is 35.4 Å². The molecule has 0 aliphatic heterocycles. The zero-order valence-corrected chi connectivity index (χ0v) is 7.01. The molecule has 0 aromatic carbocycles. The van der Waals surface area contributed by atoms with Gasteiger partial charge in [0.2, 0.25) is 0 Å². The van der Waals surface area contributed by atoms with Gasteiger partial charge in [-0.15, -0.1) is 0 Å². The zero-order chi connectivity index (χ0) is 5.15. The monoisotopic (exact) mass is 187 g/mol. The summed E-state index contributed by atoms with van der Waals surface area (Å²) < 4.78 is -0.654. The first-order valence-corrected chi connectivity index (χ1v) is 3.25. The van der Waals surface area contributed by atoms with Crippen molar-refractivity contribution in [1.29, 1.82) is 0 Å². The second-order valence-corrected chi connectivity index (χ2v) is 2.56. The van der Waals surface area contributed by atoms with Gasteiger partial charge in [0.15, 0.2) is 0 Å². The molecule has 0 aromatic heterocycles. The van der Waals surface area contributed by atoms with Crippen LogP contribution in [0, 0.1) is 0 Å². The van der Waals surface area contributed by atoms with Crippen LogP contribution in [-0.4, -0.2) is 14.4 Å². The van der Waals surface area contributed by atoms with E-state index in [1.54, 1.807) is 0 Å². The third-order valence-corrected chi connectivity index (χ3v) is 1.10. The predicted octanol–water partition coefficient (Wildman–Crippen LogP) is -0.856. The summed E-state index contributed by atoms with van der Waals surface area (Å²) in [5.74, 6) is -1.30. The van der Waals surface area contributed by atoms with Gasteiger partial charge in [-0.1, -0.05) is 0 Å². The molecule has 0 amide bonds. The molecule has 4 heteroatoms. The van der Waals surface area contributed by atoms with E-state index in [-0.39, 0.29) is 25.8 Å². The van der Waals surface area contributed by atoms with E-state index in [0.29, 0.717) is 0 Å². The second kappa shape index (κ2) is 2.27. The van der Waals surface area contributed by atoms with E-state index in [0.717, 1.165) is 0 Å². The third-order valence-electron chi connectivity index (χ3n) is 0.239. The van der Waals surface area contributed by atoms with Crippen molar-refractivity contribution < 1.29 is 40.5 Å². The van der Waals surface area contributed by atoms with Crippen molar-refractivity contribution in [3.8, 4) is 0 Å². The number of carboxylic acid groups (broad SMARTS) is 1. The van der Waals surface area contributed by atoms with Gasteiger partial charge in [0.05, 0.1) is 0 Å². The molecule has 0 unspecified atom stereocenters. The van der Waals surface area contributed by atoms with Crippen LogP contribution < -0.4 is 0 Å². The van der Waals surface area contributed by atoms with E-state index in [2.05, 4.69) is 0 Å². The fraction of sp³-hybridized carbons (Fsp3) is 0. The average molecular weight is 185 g/mol. The Bertz CT molecular complexity index is 74.8. The van der Waals surface area contributed by atoms with Crippen LogP contribution in [0.5, 0.6) is 0 Å². The minimum absolute atomic E-state index is 0.0838. The zero-order valence-electron chi connectivity index (χ0n) is 2.97. The van der Waals surface area contributed by atoms with Crippen LogP contribution in [0.4, 0.5) is 0 Å². The first-order valence-electron chi connectivity index (χ1n) is 1.24. The number of carbonyl (C=O) groups is 2. The topological polar surface area (TPSA) is 54.4 Å². The Balaban J connectivity index is 3.57. The van der Waals surface area contributed by atoms with Crippen LogP contribution in [0.1, 0.15) is 0 Å². The van der Waals surface area contributed by atoms with E-state index in [4.69, 9.17) is 5.11 Å². The molecule has 29 valence electrons. The standard InChI is InChI=1S/C2HO3.Cd/c3-1-2(4)5;/h(H,4,5);. The summed E-state index contributed by atoms with van der Waals surface area (Å²) in [7, 11) is 0. The molecule has 0 aliphatic carbocycles. The van der Waals surface area contributed by atoms with Crippen LogP contribution in [0.25, 0.3) is 0 Å². The molecule has 0 saturated heterocycles. The van der Waals surface area contributed by atoms with Gasteiger partial charge in [0.1, 0.15) is 0 Å². The van der Waals surface area contributed by atoms with Crippen LogP contribution in [0.2, 0.25) is 0 Å². The molecule has 0 atom stereocenters. The number of rotatable bonds is 1. The van der Waals surface area contributed by atoms with Crippen molar-refractivity contribution in [2.45, 2.75) is 0 Å². The van der Waals surface area contributed by atoms with Gasteiger partial charge in [-0.2, -0.15) is 0 Å². The normalized spacial score (nSPS) is 7.67. The summed E-state index contributed by atoms with van der Waals surface area (Å²) >= 11 is -0.0838. The molecule has 0 fully saturated rings. The Morgan fingerprint density at radius 3 is 1.67 bits per heavy atom. The molecule has 0 heterocycles. The molecule has 0 rings (SSSR count). The first-order chi connectivity index (χ1) is 2.64. The molecule has 0 aliphatic rings. The van der Waals surface area contributed by atoms with Gasteiger partial charge in [-0.05, 0) is 0 Å². The molecule has 3 nitrogen and oxygen atoms in total. The number of hydrogen-bond donors (Lipinski definition) is 1. The van der Waals surface area contributed by atoms with Crippen molar-refractivity contribution >= 4 is 9.31 Å². The summed E-state index contributed by atoms with van der Waals surface area (Å²) in [5.41, 5.74) is 0. The fourth-order valence-corrected chi connectivity index (χ4v) is 0. The van der Waals surface area contributed by atoms with E-state index in [9.17, 15) is 9.59 Å². The fourth-order valence-electron chi connectivity index (χ4n) is 0. The second-order valence-electron chi connectivity index (χ2n) is 0.728. The molecule has 0 spiro atoms. The molecule has 0 saturated carbocycles. The molecular weight excluding hydrogens is 184 g/mol. The maximum absolute atomic E-state index is 9.62. The summed E-state index contributed by atoms with van der Waals surface area (Å²) in [4.78, 5) is 19.0. The van der Waals surface area contributed by atoms with Crippen molar-refractivity contribution in [1.82, 2.24) is 0 Å². The minimum atomic E-state index is -1.30. The summed E-state index contributed by atoms with van der Waals surface area (Å²) in [6.07, 6.45) is 0. The van der Waals surface area contributed by atoms with Crippen LogP contribution in [0.15, 0.2) is 0 Å². The molecule has 6 heavy (non-hydrogen) atoms. The Morgan fingerprint density at radius 1 is 1.50 bits per heavy atom. The molecule has 1 N–H and O–H groups in total. The number of carbonyl (C=O) groups excluding carboxylic acids is 1. The van der Waals surface area contributed by atoms with E-state index in [1.165, 1.54) is 0 Å². The summed E-state index contributed by atoms with van der Waals surface area (Å²) in [5, 5.41) is 7.68. The van der Waals surface area contributed by atoms with Gasteiger partial charge >= 0.3 is 49.8 Å². The summed E-state index contributed by atoms with van der Waals surface area (Å²) in [6.45, 7) is 0. The molecular formula is C2HCdO3. The van der Waals surface area contributed by atoms with Crippen molar-refractivity contribution in [3.63, 3.8) is 0 Å². The van der Waals surface area contributed by atoms with Crippen LogP contribution in [0.3, 0.4) is 0 Å². The summed E-state index contributed by atoms with van der Waals surface area (Å²) in [6, 6.07) is 0. The Labute approximate surface area is 50.0 Å². The Hall–Kier alpha value is 0.0621. The molecule has 0 bridgehead atoms. The van der Waals surface area contributed by atoms with Gasteiger partial charge in [-0.3, -0.25) is 0 Å².